The lowest BCUT2D eigenvalue weighted by atomic mass is 9.91. The van der Waals surface area contributed by atoms with Gasteiger partial charge in [-0.05, 0) is 12.5 Å². The molecule has 4 N–H and O–H groups in total. The standard InChI is InChI=1S/C13H18O5/c1-7-2-4-8(5-3-7)13-12(17)11(16)10(15)9(6-14)18-13/h2-5,9-17H,6H2,1H3/t9-,10-,11+,12-,13?/m1/s1. The first kappa shape index (κ1) is 13.5. The molecule has 0 aromatic heterocycles. The Bertz CT molecular complexity index is 389. The van der Waals surface area contributed by atoms with Crippen molar-refractivity contribution < 1.29 is 25.2 Å². The van der Waals surface area contributed by atoms with Gasteiger partial charge in [-0.3, -0.25) is 0 Å². The molecule has 0 aliphatic carbocycles. The fraction of sp³-hybridized carbons (Fsp3) is 0.538. The molecule has 5 atom stereocenters. The van der Waals surface area contributed by atoms with E-state index >= 15 is 0 Å². The van der Waals surface area contributed by atoms with Gasteiger partial charge in [-0.1, -0.05) is 29.8 Å². The van der Waals surface area contributed by atoms with Crippen LogP contribution in [0.5, 0.6) is 0 Å². The molecular weight excluding hydrogens is 236 g/mol. The quantitative estimate of drug-likeness (QED) is 0.572. The van der Waals surface area contributed by atoms with E-state index in [0.717, 1.165) is 5.56 Å². The molecule has 1 aliphatic rings. The van der Waals surface area contributed by atoms with Gasteiger partial charge in [-0.15, -0.1) is 0 Å². The fourth-order valence-electron chi connectivity index (χ4n) is 2.13. The Kier molecular flexibility index (Phi) is 3.99. The summed E-state index contributed by atoms with van der Waals surface area (Å²) < 4.78 is 5.45. The molecule has 5 nitrogen and oxygen atoms in total. The van der Waals surface area contributed by atoms with Crippen molar-refractivity contribution in [3.8, 4) is 0 Å². The van der Waals surface area contributed by atoms with E-state index in [-0.39, 0.29) is 0 Å². The summed E-state index contributed by atoms with van der Waals surface area (Å²) in [7, 11) is 0. The maximum Gasteiger partial charge on any atom is 0.113 e. The summed E-state index contributed by atoms with van der Waals surface area (Å²) in [5, 5.41) is 38.4. The Morgan fingerprint density at radius 1 is 1.00 bits per heavy atom. The second-order valence-corrected chi connectivity index (χ2v) is 4.66. The minimum Gasteiger partial charge on any atom is -0.394 e. The first-order chi connectivity index (χ1) is 8.54. The van der Waals surface area contributed by atoms with Crippen LogP contribution in [0.4, 0.5) is 0 Å². The number of aliphatic hydroxyl groups excluding tert-OH is 4. The molecule has 1 aromatic rings. The second-order valence-electron chi connectivity index (χ2n) is 4.66. The second kappa shape index (κ2) is 5.34. The summed E-state index contributed by atoms with van der Waals surface area (Å²) >= 11 is 0. The number of ether oxygens (including phenoxy) is 1. The number of aliphatic hydroxyl groups is 4. The van der Waals surface area contributed by atoms with Crippen molar-refractivity contribution >= 4 is 0 Å². The van der Waals surface area contributed by atoms with E-state index < -0.39 is 37.1 Å². The van der Waals surface area contributed by atoms with Gasteiger partial charge in [0.1, 0.15) is 30.5 Å². The van der Waals surface area contributed by atoms with Gasteiger partial charge < -0.3 is 25.2 Å². The van der Waals surface area contributed by atoms with Gasteiger partial charge in [-0.2, -0.15) is 0 Å². The molecule has 1 aromatic carbocycles. The molecule has 0 bridgehead atoms. The first-order valence-electron chi connectivity index (χ1n) is 5.91. The highest BCUT2D eigenvalue weighted by atomic mass is 16.5. The molecule has 0 spiro atoms. The number of hydrogen-bond donors (Lipinski definition) is 4. The molecular formula is C13H18O5. The number of rotatable bonds is 2. The molecule has 5 heteroatoms. The lowest BCUT2D eigenvalue weighted by Gasteiger charge is -2.40. The summed E-state index contributed by atoms with van der Waals surface area (Å²) in [5.41, 5.74) is 1.78. The van der Waals surface area contributed by atoms with Crippen LogP contribution < -0.4 is 0 Å². The van der Waals surface area contributed by atoms with Crippen molar-refractivity contribution in [1.82, 2.24) is 0 Å². The van der Waals surface area contributed by atoms with E-state index in [1.165, 1.54) is 0 Å². The zero-order chi connectivity index (χ0) is 13.3. The minimum absolute atomic E-state index is 0.409. The molecule has 1 saturated heterocycles. The number of hydrogen-bond acceptors (Lipinski definition) is 5. The van der Waals surface area contributed by atoms with Crippen molar-refractivity contribution in [2.24, 2.45) is 0 Å². The average molecular weight is 254 g/mol. The van der Waals surface area contributed by atoms with E-state index in [2.05, 4.69) is 0 Å². The van der Waals surface area contributed by atoms with E-state index in [1.807, 2.05) is 19.1 Å². The van der Waals surface area contributed by atoms with Crippen molar-refractivity contribution in [2.75, 3.05) is 6.61 Å². The molecule has 2 rings (SSSR count). The topological polar surface area (TPSA) is 90.2 Å². The maximum atomic E-state index is 9.93. The third-order valence-electron chi connectivity index (χ3n) is 3.30. The van der Waals surface area contributed by atoms with E-state index in [9.17, 15) is 15.3 Å². The van der Waals surface area contributed by atoms with E-state index in [0.29, 0.717) is 5.56 Å². The summed E-state index contributed by atoms with van der Waals surface area (Å²) in [6.45, 7) is 1.53. The predicted octanol–water partition coefficient (Wildman–Crippen LogP) is -0.490. The van der Waals surface area contributed by atoms with Crippen LogP contribution in [0.25, 0.3) is 0 Å². The zero-order valence-electron chi connectivity index (χ0n) is 10.1. The van der Waals surface area contributed by atoms with Crippen molar-refractivity contribution in [3.05, 3.63) is 35.4 Å². The molecule has 1 fully saturated rings. The lowest BCUT2D eigenvalue weighted by Crippen LogP contribution is -2.55. The highest BCUT2D eigenvalue weighted by Crippen LogP contribution is 2.32. The number of benzene rings is 1. The molecule has 0 saturated carbocycles. The van der Waals surface area contributed by atoms with Gasteiger partial charge >= 0.3 is 0 Å². The SMILES string of the molecule is Cc1ccc(C2O[C@H](CO)[C@@H](O)[C@H](O)[C@H]2O)cc1. The third kappa shape index (κ3) is 2.41. The van der Waals surface area contributed by atoms with E-state index in [4.69, 9.17) is 9.84 Å². The summed E-state index contributed by atoms with van der Waals surface area (Å²) in [6, 6.07) is 7.33. The third-order valence-corrected chi connectivity index (χ3v) is 3.30. The molecule has 0 radical (unpaired) electrons. The van der Waals surface area contributed by atoms with Crippen LogP contribution in [0.3, 0.4) is 0 Å². The molecule has 1 heterocycles. The summed E-state index contributed by atoms with van der Waals surface area (Å²) in [4.78, 5) is 0. The van der Waals surface area contributed by atoms with Crippen LogP contribution in [0.15, 0.2) is 24.3 Å². The Morgan fingerprint density at radius 2 is 1.61 bits per heavy atom. The van der Waals surface area contributed by atoms with Crippen LogP contribution in [-0.4, -0.2) is 51.4 Å². The van der Waals surface area contributed by atoms with Crippen LogP contribution in [0.2, 0.25) is 0 Å². The van der Waals surface area contributed by atoms with Gasteiger partial charge in [0, 0.05) is 0 Å². The molecule has 1 aliphatic heterocycles. The Morgan fingerprint density at radius 3 is 2.17 bits per heavy atom. The van der Waals surface area contributed by atoms with Crippen LogP contribution in [-0.2, 0) is 4.74 Å². The average Bonchev–Trinajstić information content (AvgIpc) is 2.38. The monoisotopic (exact) mass is 254 g/mol. The van der Waals surface area contributed by atoms with Crippen molar-refractivity contribution in [3.63, 3.8) is 0 Å². The lowest BCUT2D eigenvalue weighted by molar-refractivity contribution is -0.231. The maximum absolute atomic E-state index is 9.93. The van der Waals surface area contributed by atoms with Crippen LogP contribution >= 0.6 is 0 Å². The molecule has 0 amide bonds. The van der Waals surface area contributed by atoms with Gasteiger partial charge in [0.15, 0.2) is 0 Å². The Labute approximate surface area is 105 Å². The smallest absolute Gasteiger partial charge is 0.113 e. The largest absolute Gasteiger partial charge is 0.394 e. The number of aryl methyl sites for hydroxylation is 1. The zero-order valence-corrected chi connectivity index (χ0v) is 10.1. The Balaban J connectivity index is 2.24. The highest BCUT2D eigenvalue weighted by molar-refractivity contribution is 5.25. The van der Waals surface area contributed by atoms with Crippen molar-refractivity contribution in [1.29, 1.82) is 0 Å². The fourth-order valence-corrected chi connectivity index (χ4v) is 2.13. The van der Waals surface area contributed by atoms with Gasteiger partial charge in [0.25, 0.3) is 0 Å². The first-order valence-corrected chi connectivity index (χ1v) is 5.91. The highest BCUT2D eigenvalue weighted by Gasteiger charge is 2.43. The van der Waals surface area contributed by atoms with Gasteiger partial charge in [0.2, 0.25) is 0 Å². The predicted molar refractivity (Wildman–Crippen MR) is 63.9 cm³/mol. The molecule has 18 heavy (non-hydrogen) atoms. The molecule has 100 valence electrons. The van der Waals surface area contributed by atoms with Gasteiger partial charge in [0.05, 0.1) is 6.61 Å². The molecule has 1 unspecified atom stereocenters. The van der Waals surface area contributed by atoms with Gasteiger partial charge in [-0.25, -0.2) is 0 Å². The summed E-state index contributed by atoms with van der Waals surface area (Å²) in [5.74, 6) is 0. The normalized spacial score (nSPS) is 36.6. The van der Waals surface area contributed by atoms with Crippen molar-refractivity contribution in [2.45, 2.75) is 37.4 Å². The minimum atomic E-state index is -1.33. The summed E-state index contributed by atoms with van der Waals surface area (Å²) in [6.07, 6.45) is -5.48. The Hall–Kier alpha value is -0.980. The van der Waals surface area contributed by atoms with E-state index in [1.54, 1.807) is 12.1 Å². The van der Waals surface area contributed by atoms with Crippen LogP contribution in [0.1, 0.15) is 17.2 Å². The van der Waals surface area contributed by atoms with Crippen LogP contribution in [0, 0.1) is 6.92 Å².